The molecule has 178 valence electrons. The summed E-state index contributed by atoms with van der Waals surface area (Å²) in [5, 5.41) is 22.7. The van der Waals surface area contributed by atoms with Gasteiger partial charge in [0.1, 0.15) is 11.8 Å². The number of benzene rings is 1. The fourth-order valence-electron chi connectivity index (χ4n) is 5.36. The van der Waals surface area contributed by atoms with Gasteiger partial charge >= 0.3 is 0 Å². The van der Waals surface area contributed by atoms with Crippen LogP contribution in [-0.4, -0.2) is 100 Å². The molecule has 0 aromatic heterocycles. The lowest BCUT2D eigenvalue weighted by Gasteiger charge is -2.55. The van der Waals surface area contributed by atoms with Crippen LogP contribution >= 0.6 is 23.2 Å². The van der Waals surface area contributed by atoms with Gasteiger partial charge in [0.15, 0.2) is 0 Å². The molecule has 3 unspecified atom stereocenters. The van der Waals surface area contributed by atoms with Crippen LogP contribution in [0.2, 0.25) is 10.0 Å². The molecule has 1 aromatic carbocycles. The number of aliphatic hydroxyl groups excluding tert-OH is 1. The Bertz CT molecular complexity index is 828. The molecule has 1 amide bonds. The van der Waals surface area contributed by atoms with Gasteiger partial charge in [0.25, 0.3) is 5.91 Å². The van der Waals surface area contributed by atoms with E-state index in [1.165, 1.54) is 13.8 Å². The first-order valence-electron chi connectivity index (χ1n) is 11.4. The van der Waals surface area contributed by atoms with Crippen LogP contribution in [0.1, 0.15) is 32.3 Å². The Balaban J connectivity index is 1.60. The number of aliphatic hydroxyl groups is 2. The summed E-state index contributed by atoms with van der Waals surface area (Å²) in [6.07, 6.45) is 1.97. The lowest BCUT2D eigenvalue weighted by Crippen LogP contribution is -2.74. The summed E-state index contributed by atoms with van der Waals surface area (Å²) >= 11 is 12.2. The quantitative estimate of drug-likeness (QED) is 0.664. The lowest BCUT2D eigenvalue weighted by molar-refractivity contribution is -0.179. The summed E-state index contributed by atoms with van der Waals surface area (Å²) in [6, 6.07) is 5.18. The molecule has 32 heavy (non-hydrogen) atoms. The second-order valence-electron chi connectivity index (χ2n) is 9.63. The van der Waals surface area contributed by atoms with Crippen LogP contribution < -0.4 is 0 Å². The van der Waals surface area contributed by atoms with Crippen LogP contribution in [0.3, 0.4) is 0 Å². The van der Waals surface area contributed by atoms with Crippen LogP contribution in [0.25, 0.3) is 0 Å². The van der Waals surface area contributed by atoms with Gasteiger partial charge in [-0.3, -0.25) is 14.6 Å². The number of rotatable bonds is 5. The SMILES string of the molecule is CC(C)(O)C(=O)N1CCN(C(O)Cc2ccc(Cl)c(Cl)c2)[C@@H]2C(N3CCCC3)COCC21. The van der Waals surface area contributed by atoms with Gasteiger partial charge in [0, 0.05) is 19.5 Å². The summed E-state index contributed by atoms with van der Waals surface area (Å²) in [7, 11) is 0. The topological polar surface area (TPSA) is 76.5 Å². The zero-order valence-corrected chi connectivity index (χ0v) is 20.2. The van der Waals surface area contributed by atoms with Gasteiger partial charge in [-0.15, -0.1) is 0 Å². The van der Waals surface area contributed by atoms with Crippen molar-refractivity contribution in [2.75, 3.05) is 39.4 Å². The molecule has 7 nitrogen and oxygen atoms in total. The fraction of sp³-hybridized carbons (Fsp3) is 0.696. The highest BCUT2D eigenvalue weighted by molar-refractivity contribution is 6.42. The number of halogens is 2. The number of nitrogens with zero attached hydrogens (tertiary/aromatic N) is 3. The maximum Gasteiger partial charge on any atom is 0.254 e. The first-order valence-corrected chi connectivity index (χ1v) is 12.2. The largest absolute Gasteiger partial charge is 0.381 e. The molecule has 3 saturated heterocycles. The number of carbonyl (C=O) groups is 1. The maximum atomic E-state index is 13.0. The minimum absolute atomic E-state index is 0.0807. The van der Waals surface area contributed by atoms with E-state index >= 15 is 0 Å². The zero-order chi connectivity index (χ0) is 23.0. The second kappa shape index (κ2) is 9.74. The molecular formula is C23H33Cl2N3O4. The summed E-state index contributed by atoms with van der Waals surface area (Å²) in [4.78, 5) is 19.3. The third kappa shape index (κ3) is 4.94. The fourth-order valence-corrected chi connectivity index (χ4v) is 5.68. The van der Waals surface area contributed by atoms with Crippen molar-refractivity contribution < 1.29 is 19.7 Å². The minimum atomic E-state index is -1.45. The van der Waals surface area contributed by atoms with Crippen molar-refractivity contribution in [1.29, 1.82) is 0 Å². The molecule has 3 fully saturated rings. The van der Waals surface area contributed by atoms with Crippen LogP contribution in [0.5, 0.6) is 0 Å². The number of ether oxygens (including phenoxy) is 1. The second-order valence-corrected chi connectivity index (χ2v) is 10.4. The highest BCUT2D eigenvalue weighted by atomic mass is 35.5. The van der Waals surface area contributed by atoms with Gasteiger partial charge in [-0.25, -0.2) is 0 Å². The van der Waals surface area contributed by atoms with Crippen molar-refractivity contribution in [1.82, 2.24) is 14.7 Å². The molecule has 3 aliphatic rings. The Morgan fingerprint density at radius 2 is 1.81 bits per heavy atom. The highest BCUT2D eigenvalue weighted by Crippen LogP contribution is 2.32. The van der Waals surface area contributed by atoms with Crippen LogP contribution in [-0.2, 0) is 16.0 Å². The molecule has 0 aliphatic carbocycles. The Morgan fingerprint density at radius 1 is 1.12 bits per heavy atom. The van der Waals surface area contributed by atoms with Crippen molar-refractivity contribution in [2.24, 2.45) is 0 Å². The molecule has 0 bridgehead atoms. The molecule has 0 saturated carbocycles. The first-order chi connectivity index (χ1) is 15.2. The van der Waals surface area contributed by atoms with E-state index in [-0.39, 0.29) is 24.0 Å². The number of carbonyl (C=O) groups excluding carboxylic acids is 1. The standard InChI is InChI=1S/C23H33Cl2N3O4/c1-23(2,31)22(30)27-9-10-28(20(29)12-15-5-6-16(24)17(25)11-15)21-18(13-32-14-19(21)27)26-7-3-4-8-26/h5-6,11,18-21,29,31H,3-4,7-10,12-14H2,1-2H3/t18?,19?,20?,21-/m1/s1. The van der Waals surface area contributed by atoms with Gasteiger partial charge in [0.05, 0.1) is 41.4 Å². The van der Waals surface area contributed by atoms with Crippen molar-refractivity contribution in [3.63, 3.8) is 0 Å². The average Bonchev–Trinajstić information content (AvgIpc) is 3.28. The molecule has 4 rings (SSSR count). The Hall–Kier alpha value is -0.930. The van der Waals surface area contributed by atoms with E-state index in [0.717, 1.165) is 31.5 Å². The first kappa shape index (κ1) is 24.2. The zero-order valence-electron chi connectivity index (χ0n) is 18.7. The van der Waals surface area contributed by atoms with Crippen molar-refractivity contribution in [3.05, 3.63) is 33.8 Å². The molecule has 9 heteroatoms. The van der Waals surface area contributed by atoms with Crippen molar-refractivity contribution >= 4 is 29.1 Å². The van der Waals surface area contributed by atoms with E-state index in [9.17, 15) is 15.0 Å². The van der Waals surface area contributed by atoms with E-state index in [1.54, 1.807) is 17.0 Å². The normalized spacial score (nSPS) is 28.6. The lowest BCUT2D eigenvalue weighted by atomic mass is 9.89. The summed E-state index contributed by atoms with van der Waals surface area (Å²) in [5.74, 6) is -0.295. The molecule has 1 aromatic rings. The van der Waals surface area contributed by atoms with Gasteiger partial charge in [-0.05, 0) is 57.5 Å². The smallest absolute Gasteiger partial charge is 0.254 e. The Labute approximate surface area is 199 Å². The van der Waals surface area contributed by atoms with E-state index in [0.29, 0.717) is 42.8 Å². The number of amides is 1. The molecule has 2 N–H and O–H groups in total. The summed E-state index contributed by atoms with van der Waals surface area (Å²) < 4.78 is 5.97. The molecule has 4 atom stereocenters. The van der Waals surface area contributed by atoms with E-state index in [2.05, 4.69) is 9.80 Å². The highest BCUT2D eigenvalue weighted by Gasteiger charge is 2.50. The van der Waals surface area contributed by atoms with Crippen LogP contribution in [0.15, 0.2) is 18.2 Å². The van der Waals surface area contributed by atoms with Gasteiger partial charge in [-0.2, -0.15) is 0 Å². The third-order valence-electron chi connectivity index (χ3n) is 6.93. The number of fused-ring (bicyclic) bond motifs is 1. The summed E-state index contributed by atoms with van der Waals surface area (Å²) in [5.41, 5.74) is -0.547. The number of piperazine rings is 1. The van der Waals surface area contributed by atoms with Gasteiger partial charge in [-0.1, -0.05) is 29.3 Å². The summed E-state index contributed by atoms with van der Waals surface area (Å²) in [6.45, 7) is 6.96. The third-order valence-corrected chi connectivity index (χ3v) is 7.67. The Morgan fingerprint density at radius 3 is 2.47 bits per heavy atom. The minimum Gasteiger partial charge on any atom is -0.381 e. The van der Waals surface area contributed by atoms with E-state index in [1.807, 2.05) is 6.07 Å². The average molecular weight is 486 g/mol. The van der Waals surface area contributed by atoms with E-state index < -0.39 is 11.8 Å². The van der Waals surface area contributed by atoms with Gasteiger partial charge < -0.3 is 19.8 Å². The maximum absolute atomic E-state index is 13.0. The van der Waals surface area contributed by atoms with E-state index in [4.69, 9.17) is 27.9 Å². The predicted molar refractivity (Wildman–Crippen MR) is 124 cm³/mol. The molecule has 3 heterocycles. The number of hydrogen-bond acceptors (Lipinski definition) is 6. The molecule has 3 aliphatic heterocycles. The van der Waals surface area contributed by atoms with Crippen LogP contribution in [0, 0.1) is 0 Å². The Kier molecular flexibility index (Phi) is 7.37. The molecule has 0 radical (unpaired) electrons. The van der Waals surface area contributed by atoms with Gasteiger partial charge in [0.2, 0.25) is 0 Å². The molecule has 0 spiro atoms. The predicted octanol–water partition coefficient (Wildman–Crippen LogP) is 2.00. The number of hydrogen-bond donors (Lipinski definition) is 2. The molecular weight excluding hydrogens is 453 g/mol. The van der Waals surface area contributed by atoms with Crippen LogP contribution in [0.4, 0.5) is 0 Å². The van der Waals surface area contributed by atoms with Crippen molar-refractivity contribution in [3.8, 4) is 0 Å². The van der Waals surface area contributed by atoms with Crippen molar-refractivity contribution in [2.45, 2.75) is 63.1 Å². The monoisotopic (exact) mass is 485 g/mol. The number of likely N-dealkylation sites (tertiary alicyclic amines) is 1.